The number of thiazole rings is 1. The summed E-state index contributed by atoms with van der Waals surface area (Å²) >= 11 is 7.86. The number of nitro groups is 1. The standard InChI is InChI=1S/C18H12ClN5O3S/c19-13-7-10(1-4-15(13)27-9-16-21-5-6-28-16)17-12-8-11(24(25)26)2-3-14(12)22-18(20)23-17/h1-8H,9H2,(H2,20,22,23). The van der Waals surface area contributed by atoms with Crippen molar-refractivity contribution in [3.63, 3.8) is 0 Å². The molecule has 0 saturated heterocycles. The van der Waals surface area contributed by atoms with Crippen molar-refractivity contribution in [3.8, 4) is 17.0 Å². The van der Waals surface area contributed by atoms with Gasteiger partial charge in [0.2, 0.25) is 5.95 Å². The average Bonchev–Trinajstić information content (AvgIpc) is 3.19. The number of nitrogens with two attached hydrogens (primary N) is 1. The third kappa shape index (κ3) is 3.57. The molecule has 2 aromatic carbocycles. The average molecular weight is 414 g/mol. The largest absolute Gasteiger partial charge is 0.485 e. The van der Waals surface area contributed by atoms with Crippen LogP contribution in [-0.4, -0.2) is 19.9 Å². The molecule has 2 aromatic heterocycles. The van der Waals surface area contributed by atoms with Crippen LogP contribution in [0.25, 0.3) is 22.2 Å². The number of hydrogen-bond acceptors (Lipinski definition) is 8. The predicted molar refractivity (Wildman–Crippen MR) is 107 cm³/mol. The van der Waals surface area contributed by atoms with Gasteiger partial charge < -0.3 is 10.5 Å². The van der Waals surface area contributed by atoms with Gasteiger partial charge in [-0.1, -0.05) is 11.6 Å². The van der Waals surface area contributed by atoms with E-state index in [-0.39, 0.29) is 11.6 Å². The summed E-state index contributed by atoms with van der Waals surface area (Å²) in [6.07, 6.45) is 1.71. The monoisotopic (exact) mass is 413 g/mol. The molecule has 2 N–H and O–H groups in total. The number of non-ortho nitro benzene ring substituents is 1. The van der Waals surface area contributed by atoms with Crippen LogP contribution in [0.2, 0.25) is 5.02 Å². The lowest BCUT2D eigenvalue weighted by Crippen LogP contribution is -1.99. The first kappa shape index (κ1) is 18.1. The van der Waals surface area contributed by atoms with E-state index in [0.717, 1.165) is 5.01 Å². The third-order valence-electron chi connectivity index (χ3n) is 3.95. The molecule has 0 fully saturated rings. The highest BCUT2D eigenvalue weighted by molar-refractivity contribution is 7.09. The number of rotatable bonds is 5. The molecule has 0 atom stereocenters. The van der Waals surface area contributed by atoms with E-state index in [0.29, 0.717) is 39.5 Å². The number of benzene rings is 2. The van der Waals surface area contributed by atoms with Crippen molar-refractivity contribution in [2.45, 2.75) is 6.61 Å². The summed E-state index contributed by atoms with van der Waals surface area (Å²) < 4.78 is 5.70. The minimum Gasteiger partial charge on any atom is -0.485 e. The first-order valence-electron chi connectivity index (χ1n) is 8.04. The Balaban J connectivity index is 1.73. The minimum absolute atomic E-state index is 0.0587. The van der Waals surface area contributed by atoms with Crippen molar-refractivity contribution >= 4 is 45.5 Å². The van der Waals surface area contributed by atoms with Crippen LogP contribution < -0.4 is 10.5 Å². The molecule has 0 aliphatic heterocycles. The Hall–Kier alpha value is -3.30. The SMILES string of the molecule is Nc1nc(-c2ccc(OCc3nccs3)c(Cl)c2)c2cc([N+](=O)[O-])ccc2n1. The molecule has 140 valence electrons. The van der Waals surface area contributed by atoms with Gasteiger partial charge in [0.15, 0.2) is 0 Å². The molecule has 0 amide bonds. The van der Waals surface area contributed by atoms with Crippen LogP contribution in [0.1, 0.15) is 5.01 Å². The number of ether oxygens (including phenoxy) is 1. The van der Waals surface area contributed by atoms with E-state index in [1.54, 1.807) is 30.5 Å². The van der Waals surface area contributed by atoms with E-state index < -0.39 is 4.92 Å². The summed E-state index contributed by atoms with van der Waals surface area (Å²) in [6, 6.07) is 9.50. The van der Waals surface area contributed by atoms with Gasteiger partial charge in [-0.3, -0.25) is 10.1 Å². The Morgan fingerprint density at radius 2 is 2.07 bits per heavy atom. The van der Waals surface area contributed by atoms with Crippen LogP contribution in [0.15, 0.2) is 48.0 Å². The van der Waals surface area contributed by atoms with E-state index in [1.807, 2.05) is 5.38 Å². The zero-order valence-electron chi connectivity index (χ0n) is 14.2. The zero-order valence-corrected chi connectivity index (χ0v) is 15.8. The van der Waals surface area contributed by atoms with Crippen LogP contribution in [0.5, 0.6) is 5.75 Å². The van der Waals surface area contributed by atoms with E-state index in [9.17, 15) is 10.1 Å². The summed E-state index contributed by atoms with van der Waals surface area (Å²) in [7, 11) is 0. The van der Waals surface area contributed by atoms with Gasteiger partial charge in [0.1, 0.15) is 17.4 Å². The topological polar surface area (TPSA) is 117 Å². The van der Waals surface area contributed by atoms with Gasteiger partial charge in [0.25, 0.3) is 5.69 Å². The summed E-state index contributed by atoms with van der Waals surface area (Å²) in [5, 5.41) is 14.7. The number of nitro benzene ring substituents is 1. The second-order valence-electron chi connectivity index (χ2n) is 5.75. The number of anilines is 1. The van der Waals surface area contributed by atoms with Gasteiger partial charge in [0.05, 0.1) is 21.2 Å². The molecule has 0 aliphatic rings. The van der Waals surface area contributed by atoms with Crippen molar-refractivity contribution in [1.29, 1.82) is 0 Å². The summed E-state index contributed by atoms with van der Waals surface area (Å²) in [6.45, 7) is 0.312. The fraction of sp³-hybridized carbons (Fsp3) is 0.0556. The normalized spacial score (nSPS) is 10.9. The molecule has 28 heavy (non-hydrogen) atoms. The molecule has 0 saturated carbocycles. The molecule has 0 radical (unpaired) electrons. The Bertz CT molecular complexity index is 1180. The Labute approximate surface area is 167 Å². The molecule has 0 aliphatic carbocycles. The smallest absolute Gasteiger partial charge is 0.270 e. The second kappa shape index (κ2) is 7.37. The predicted octanol–water partition coefficient (Wildman–Crippen LogP) is 4.48. The van der Waals surface area contributed by atoms with Crippen LogP contribution >= 0.6 is 22.9 Å². The molecule has 8 nitrogen and oxygen atoms in total. The van der Waals surface area contributed by atoms with E-state index in [4.69, 9.17) is 22.1 Å². The van der Waals surface area contributed by atoms with E-state index >= 15 is 0 Å². The maximum atomic E-state index is 11.1. The van der Waals surface area contributed by atoms with Crippen molar-refractivity contribution in [2.75, 3.05) is 5.73 Å². The third-order valence-corrected chi connectivity index (χ3v) is 5.00. The first-order valence-corrected chi connectivity index (χ1v) is 9.30. The van der Waals surface area contributed by atoms with Gasteiger partial charge >= 0.3 is 0 Å². The van der Waals surface area contributed by atoms with Gasteiger partial charge in [-0.2, -0.15) is 0 Å². The quantitative estimate of drug-likeness (QED) is 0.378. The van der Waals surface area contributed by atoms with Gasteiger partial charge in [0, 0.05) is 34.7 Å². The number of aromatic nitrogens is 3. The summed E-state index contributed by atoms with van der Waals surface area (Å²) in [5.74, 6) is 0.564. The molecule has 4 rings (SSSR count). The number of nitrogens with zero attached hydrogens (tertiary/aromatic N) is 4. The van der Waals surface area contributed by atoms with Crippen LogP contribution in [0, 0.1) is 10.1 Å². The molecule has 0 bridgehead atoms. The van der Waals surface area contributed by atoms with Crippen molar-refractivity contribution in [1.82, 2.24) is 15.0 Å². The molecule has 0 unspecified atom stereocenters. The highest BCUT2D eigenvalue weighted by Crippen LogP contribution is 2.34. The first-order chi connectivity index (χ1) is 13.5. The second-order valence-corrected chi connectivity index (χ2v) is 7.14. The fourth-order valence-electron chi connectivity index (χ4n) is 2.70. The van der Waals surface area contributed by atoms with Gasteiger partial charge in [-0.25, -0.2) is 15.0 Å². The highest BCUT2D eigenvalue weighted by atomic mass is 35.5. The lowest BCUT2D eigenvalue weighted by Gasteiger charge is -2.10. The van der Waals surface area contributed by atoms with Crippen LogP contribution in [0.4, 0.5) is 11.6 Å². The zero-order chi connectivity index (χ0) is 19.7. The van der Waals surface area contributed by atoms with Crippen molar-refractivity contribution < 1.29 is 9.66 Å². The van der Waals surface area contributed by atoms with E-state index in [1.165, 1.54) is 23.5 Å². The number of fused-ring (bicyclic) bond motifs is 1. The molecule has 10 heteroatoms. The number of nitrogen functional groups attached to an aromatic ring is 1. The lowest BCUT2D eigenvalue weighted by atomic mass is 10.1. The number of halogens is 1. The Morgan fingerprint density at radius 1 is 1.21 bits per heavy atom. The molecule has 4 aromatic rings. The van der Waals surface area contributed by atoms with Gasteiger partial charge in [-0.15, -0.1) is 11.3 Å². The Kier molecular flexibility index (Phi) is 4.76. The maximum absolute atomic E-state index is 11.1. The number of hydrogen-bond donors (Lipinski definition) is 1. The molecule has 2 heterocycles. The minimum atomic E-state index is -0.470. The summed E-state index contributed by atoms with van der Waals surface area (Å²) in [4.78, 5) is 23.2. The summed E-state index contributed by atoms with van der Waals surface area (Å²) in [5.41, 5.74) is 7.36. The Morgan fingerprint density at radius 3 is 2.79 bits per heavy atom. The lowest BCUT2D eigenvalue weighted by molar-refractivity contribution is -0.384. The van der Waals surface area contributed by atoms with Crippen molar-refractivity contribution in [3.05, 3.63) is 68.1 Å². The fourth-order valence-corrected chi connectivity index (χ4v) is 3.46. The molecular weight excluding hydrogens is 402 g/mol. The molecule has 0 spiro atoms. The van der Waals surface area contributed by atoms with E-state index in [2.05, 4.69) is 15.0 Å². The van der Waals surface area contributed by atoms with Crippen LogP contribution in [-0.2, 0) is 6.61 Å². The van der Waals surface area contributed by atoms with Crippen LogP contribution in [0.3, 0.4) is 0 Å². The highest BCUT2D eigenvalue weighted by Gasteiger charge is 2.15. The van der Waals surface area contributed by atoms with Gasteiger partial charge in [-0.05, 0) is 24.3 Å². The maximum Gasteiger partial charge on any atom is 0.270 e. The molecular formula is C18H12ClN5O3S. The van der Waals surface area contributed by atoms with Crippen molar-refractivity contribution in [2.24, 2.45) is 0 Å².